The Hall–Kier alpha value is -2.26. The molecule has 0 N–H and O–H groups in total. The van der Waals surface area contributed by atoms with Crippen molar-refractivity contribution in [1.29, 1.82) is 0 Å². The Balaban J connectivity index is 1.55. The maximum atomic E-state index is 12.1. The molecule has 7 nitrogen and oxygen atoms in total. The van der Waals surface area contributed by atoms with Gasteiger partial charge in [-0.25, -0.2) is 9.78 Å². The molecule has 0 aliphatic heterocycles. The lowest BCUT2D eigenvalue weighted by atomic mass is 10.3. The van der Waals surface area contributed by atoms with E-state index < -0.39 is 11.1 Å². The predicted octanol–water partition coefficient (Wildman–Crippen LogP) is 4.87. The third kappa shape index (κ3) is 4.89. The summed E-state index contributed by atoms with van der Waals surface area (Å²) in [6.45, 7) is 0. The van der Waals surface area contributed by atoms with Crippen molar-refractivity contribution in [2.45, 2.75) is 35.6 Å². The fourth-order valence-corrected chi connectivity index (χ4v) is 5.24. The minimum atomic E-state index is -0.917. The van der Waals surface area contributed by atoms with E-state index in [1.54, 1.807) is 33.9 Å². The molecule has 0 spiro atoms. The summed E-state index contributed by atoms with van der Waals surface area (Å²) in [7, 11) is 3.16. The van der Waals surface area contributed by atoms with E-state index in [9.17, 15) is 14.9 Å². The molecular weight excluding hydrogens is 376 g/mol. The van der Waals surface area contributed by atoms with Gasteiger partial charge < -0.3 is 9.47 Å². The zero-order chi connectivity index (χ0) is 18.4. The number of nitrogens with zero attached hydrogens (tertiary/aromatic N) is 2. The highest BCUT2D eigenvalue weighted by Gasteiger charge is 2.32. The lowest BCUT2D eigenvalue weighted by Crippen LogP contribution is -2.25. The molecule has 26 heavy (non-hydrogen) atoms. The van der Waals surface area contributed by atoms with Crippen LogP contribution in [0.1, 0.15) is 19.3 Å². The van der Waals surface area contributed by atoms with Crippen molar-refractivity contribution in [1.82, 2.24) is 4.98 Å². The normalized spacial score (nSPS) is 19.1. The number of hydrogen-bond acceptors (Lipinski definition) is 8. The van der Waals surface area contributed by atoms with E-state index in [1.807, 2.05) is 18.2 Å². The molecule has 1 saturated carbocycles. The lowest BCUT2D eigenvalue weighted by molar-refractivity contribution is -0.385. The molecule has 1 aromatic carbocycles. The summed E-state index contributed by atoms with van der Waals surface area (Å²) in [6, 6.07) is 11.4. The second kappa shape index (κ2) is 8.91. The van der Waals surface area contributed by atoms with E-state index >= 15 is 0 Å². The number of hydrogen-bond donors (Lipinski definition) is 0. The largest absolute Gasteiger partial charge is 0.514 e. The van der Waals surface area contributed by atoms with E-state index in [0.717, 1.165) is 24.3 Å². The lowest BCUT2D eigenvalue weighted by Gasteiger charge is -2.18. The average Bonchev–Trinajstić information content (AvgIpc) is 3.08. The van der Waals surface area contributed by atoms with Crippen molar-refractivity contribution in [2.75, 3.05) is 0 Å². The van der Waals surface area contributed by atoms with E-state index in [0.29, 0.717) is 0 Å². The number of para-hydroxylation sites is 2. The number of nitro benzene ring substituents is 1. The Morgan fingerprint density at radius 3 is 2.77 bits per heavy atom. The molecule has 0 radical (unpaired) electrons. The molecule has 1 aliphatic carbocycles. The smallest absolute Gasteiger partial charge is 0.429 e. The topological polar surface area (TPSA) is 91.6 Å². The minimum Gasteiger partial charge on any atom is -0.429 e. The van der Waals surface area contributed by atoms with Crippen molar-refractivity contribution in [2.24, 2.45) is 0 Å². The first kappa shape index (κ1) is 18.5. The second-order valence-electron chi connectivity index (χ2n) is 5.55. The van der Waals surface area contributed by atoms with Gasteiger partial charge >= 0.3 is 11.8 Å². The van der Waals surface area contributed by atoms with Crippen molar-refractivity contribution in [3.63, 3.8) is 0 Å². The van der Waals surface area contributed by atoms with E-state index in [2.05, 4.69) is 4.98 Å². The van der Waals surface area contributed by atoms with Gasteiger partial charge in [-0.2, -0.15) is 0 Å². The van der Waals surface area contributed by atoms with Gasteiger partial charge in [0.05, 0.1) is 10.2 Å². The molecule has 2 aromatic rings. The Labute approximate surface area is 158 Å². The van der Waals surface area contributed by atoms with E-state index in [1.165, 1.54) is 18.2 Å². The van der Waals surface area contributed by atoms with Crippen molar-refractivity contribution in [3.05, 3.63) is 58.8 Å². The number of rotatable bonds is 6. The van der Waals surface area contributed by atoms with Crippen LogP contribution in [0.5, 0.6) is 5.75 Å². The first-order valence-electron chi connectivity index (χ1n) is 8.00. The molecule has 0 bridgehead atoms. The standard InChI is InChI=1S/C17H16N2O5S2/c20-17(23-13-7-2-1-6-12(13)19(21)22)24-14-8-5-9-15(14)25-26-16-10-3-4-11-18-16/h1-4,6-7,10-11,14-15H,5,8-9H2/t14-,15-/m0/s1. The molecular formula is C17H16N2O5S2. The van der Waals surface area contributed by atoms with Gasteiger partial charge in [0.1, 0.15) is 11.1 Å². The van der Waals surface area contributed by atoms with Gasteiger partial charge in [0.15, 0.2) is 0 Å². The Bertz CT molecular complexity index is 775. The summed E-state index contributed by atoms with van der Waals surface area (Å²) >= 11 is 0. The molecule has 0 saturated heterocycles. The Kier molecular flexibility index (Phi) is 6.35. The summed E-state index contributed by atoms with van der Waals surface area (Å²) in [6.07, 6.45) is 3.14. The van der Waals surface area contributed by atoms with Crippen LogP contribution in [0.4, 0.5) is 10.5 Å². The quantitative estimate of drug-likeness (QED) is 0.226. The average molecular weight is 392 g/mol. The molecule has 1 heterocycles. The predicted molar refractivity (Wildman–Crippen MR) is 99.3 cm³/mol. The van der Waals surface area contributed by atoms with E-state index in [-0.39, 0.29) is 22.8 Å². The monoisotopic (exact) mass is 392 g/mol. The number of ether oxygens (including phenoxy) is 2. The molecule has 2 atom stereocenters. The summed E-state index contributed by atoms with van der Waals surface area (Å²) in [5.41, 5.74) is -0.271. The SMILES string of the molecule is O=C(Oc1ccccc1[N+](=O)[O-])O[C@H]1CCC[C@@H]1SSc1ccccn1. The van der Waals surface area contributed by atoms with Gasteiger partial charge in [-0.05, 0) is 48.3 Å². The Morgan fingerprint density at radius 1 is 1.19 bits per heavy atom. The number of nitro groups is 1. The zero-order valence-corrected chi connectivity index (χ0v) is 15.3. The highest BCUT2D eigenvalue weighted by molar-refractivity contribution is 8.76. The molecule has 3 rings (SSSR count). The minimum absolute atomic E-state index is 0.118. The van der Waals surface area contributed by atoms with Crippen molar-refractivity contribution in [3.8, 4) is 5.75 Å². The fourth-order valence-electron chi connectivity index (χ4n) is 2.58. The summed E-state index contributed by atoms with van der Waals surface area (Å²) in [4.78, 5) is 26.7. The maximum absolute atomic E-state index is 12.1. The Morgan fingerprint density at radius 2 is 2.00 bits per heavy atom. The van der Waals surface area contributed by atoms with Crippen LogP contribution >= 0.6 is 21.6 Å². The van der Waals surface area contributed by atoms with Crippen LogP contribution in [0.2, 0.25) is 0 Å². The van der Waals surface area contributed by atoms with Gasteiger partial charge in [0, 0.05) is 12.3 Å². The molecule has 1 fully saturated rings. The van der Waals surface area contributed by atoms with Gasteiger partial charge in [-0.3, -0.25) is 10.1 Å². The van der Waals surface area contributed by atoms with Gasteiger partial charge in [-0.15, -0.1) is 0 Å². The van der Waals surface area contributed by atoms with Crippen LogP contribution in [0, 0.1) is 10.1 Å². The van der Waals surface area contributed by atoms with Gasteiger partial charge in [0.2, 0.25) is 5.75 Å². The number of carbonyl (C=O) groups is 1. The number of pyridine rings is 1. The van der Waals surface area contributed by atoms with Crippen LogP contribution in [-0.2, 0) is 4.74 Å². The molecule has 0 amide bonds. The van der Waals surface area contributed by atoms with Crippen LogP contribution in [0.15, 0.2) is 53.7 Å². The van der Waals surface area contributed by atoms with Gasteiger partial charge in [-0.1, -0.05) is 29.0 Å². The maximum Gasteiger partial charge on any atom is 0.514 e. The fraction of sp³-hybridized carbons (Fsp3) is 0.294. The van der Waals surface area contributed by atoms with Crippen molar-refractivity contribution < 1.29 is 19.2 Å². The van der Waals surface area contributed by atoms with Gasteiger partial charge in [0.25, 0.3) is 0 Å². The summed E-state index contributed by atoms with van der Waals surface area (Å²) in [5.74, 6) is -0.118. The first-order chi connectivity index (χ1) is 12.6. The second-order valence-corrected chi connectivity index (χ2v) is 8.01. The third-order valence-corrected chi connectivity index (χ3v) is 6.63. The first-order valence-corrected chi connectivity index (χ1v) is 10.2. The molecule has 9 heteroatoms. The van der Waals surface area contributed by atoms with Crippen molar-refractivity contribution >= 4 is 33.4 Å². The van der Waals surface area contributed by atoms with Crippen LogP contribution in [-0.4, -0.2) is 27.4 Å². The number of benzene rings is 1. The number of carbonyl (C=O) groups excluding carboxylic acids is 1. The molecule has 136 valence electrons. The molecule has 0 unspecified atom stereocenters. The van der Waals surface area contributed by atoms with Crippen LogP contribution in [0.25, 0.3) is 0 Å². The third-order valence-electron chi connectivity index (χ3n) is 3.79. The zero-order valence-electron chi connectivity index (χ0n) is 13.6. The highest BCUT2D eigenvalue weighted by Crippen LogP contribution is 2.41. The number of aromatic nitrogens is 1. The van der Waals surface area contributed by atoms with Crippen LogP contribution in [0.3, 0.4) is 0 Å². The summed E-state index contributed by atoms with van der Waals surface area (Å²) < 4.78 is 10.5. The van der Waals surface area contributed by atoms with Crippen LogP contribution < -0.4 is 4.74 Å². The molecule has 1 aromatic heterocycles. The highest BCUT2D eigenvalue weighted by atomic mass is 33.1. The molecule has 1 aliphatic rings. The van der Waals surface area contributed by atoms with E-state index in [4.69, 9.17) is 9.47 Å². The summed E-state index contributed by atoms with van der Waals surface area (Å²) in [5, 5.41) is 12.0.